The van der Waals surface area contributed by atoms with Crippen LogP contribution in [0.15, 0.2) is 0 Å². The predicted molar refractivity (Wildman–Crippen MR) is 65.8 cm³/mol. The number of thioether (sulfide) groups is 1. The van der Waals surface area contributed by atoms with Crippen LogP contribution in [0.4, 0.5) is 0 Å². The molecule has 1 aromatic rings. The van der Waals surface area contributed by atoms with Gasteiger partial charge in [-0.25, -0.2) is 4.98 Å². The van der Waals surface area contributed by atoms with Crippen molar-refractivity contribution < 1.29 is 0 Å². The first-order valence-electron chi connectivity index (χ1n) is 4.94. The molecule has 0 spiro atoms. The van der Waals surface area contributed by atoms with E-state index in [4.69, 9.17) is 5.73 Å². The smallest absolute Gasteiger partial charge is 0.103 e. The van der Waals surface area contributed by atoms with Gasteiger partial charge in [0, 0.05) is 22.4 Å². The lowest BCUT2D eigenvalue weighted by atomic mass is 10.4. The van der Waals surface area contributed by atoms with E-state index in [1.54, 1.807) is 11.3 Å². The van der Waals surface area contributed by atoms with Crippen molar-refractivity contribution in [2.75, 3.05) is 0 Å². The summed E-state index contributed by atoms with van der Waals surface area (Å²) in [6.45, 7) is 7.14. The normalized spacial score (nSPS) is 13.1. The molecule has 0 fully saturated rings. The van der Waals surface area contributed by atoms with E-state index in [1.165, 1.54) is 16.3 Å². The van der Waals surface area contributed by atoms with Crippen molar-refractivity contribution in [3.05, 3.63) is 15.6 Å². The summed E-state index contributed by atoms with van der Waals surface area (Å²) < 4.78 is 0. The number of nitrogens with two attached hydrogens (primary N) is 1. The van der Waals surface area contributed by atoms with E-state index in [9.17, 15) is 0 Å². The zero-order valence-electron chi connectivity index (χ0n) is 9.04. The molecule has 2 nitrogen and oxygen atoms in total. The number of rotatable bonds is 5. The third kappa shape index (κ3) is 3.26. The summed E-state index contributed by atoms with van der Waals surface area (Å²) >= 11 is 3.72. The first-order valence-corrected chi connectivity index (χ1v) is 6.80. The summed E-state index contributed by atoms with van der Waals surface area (Å²) in [6.07, 6.45) is 1.22. The second-order valence-corrected chi connectivity index (χ2v) is 5.95. The SMILES string of the molecule is CCC(C)SCc1nc(C)c(CN)s1. The summed E-state index contributed by atoms with van der Waals surface area (Å²) in [5.74, 6) is 1.03. The lowest BCUT2D eigenvalue weighted by Gasteiger charge is -2.04. The molecule has 0 aliphatic heterocycles. The molecule has 0 radical (unpaired) electrons. The number of thiazole rings is 1. The topological polar surface area (TPSA) is 38.9 Å². The third-order valence-corrected chi connectivity index (χ3v) is 4.89. The Hall–Kier alpha value is -0.0600. The Morgan fingerprint density at radius 1 is 1.57 bits per heavy atom. The zero-order valence-corrected chi connectivity index (χ0v) is 10.7. The molecule has 0 saturated carbocycles. The zero-order chi connectivity index (χ0) is 10.6. The summed E-state index contributed by atoms with van der Waals surface area (Å²) in [5, 5.41) is 1.94. The van der Waals surface area contributed by atoms with E-state index in [0.717, 1.165) is 16.7 Å². The summed E-state index contributed by atoms with van der Waals surface area (Å²) in [7, 11) is 0. The summed E-state index contributed by atoms with van der Waals surface area (Å²) in [5.41, 5.74) is 6.72. The average Bonchev–Trinajstić information content (AvgIpc) is 2.55. The van der Waals surface area contributed by atoms with Crippen LogP contribution < -0.4 is 5.73 Å². The Labute approximate surface area is 94.3 Å². The lowest BCUT2D eigenvalue weighted by molar-refractivity contribution is 0.904. The Bertz CT molecular complexity index is 284. The second kappa shape index (κ2) is 5.73. The first-order chi connectivity index (χ1) is 6.67. The van der Waals surface area contributed by atoms with Crippen LogP contribution in [-0.4, -0.2) is 10.2 Å². The first kappa shape index (κ1) is 12.0. The molecule has 0 bridgehead atoms. The Kier molecular flexibility index (Phi) is 4.92. The maximum Gasteiger partial charge on any atom is 0.103 e. The van der Waals surface area contributed by atoms with Gasteiger partial charge in [0.2, 0.25) is 0 Å². The fourth-order valence-electron chi connectivity index (χ4n) is 1.07. The van der Waals surface area contributed by atoms with Crippen LogP contribution in [0.2, 0.25) is 0 Å². The highest BCUT2D eigenvalue weighted by atomic mass is 32.2. The van der Waals surface area contributed by atoms with Crippen LogP contribution in [0.1, 0.15) is 35.8 Å². The average molecular weight is 230 g/mol. The molecule has 4 heteroatoms. The van der Waals surface area contributed by atoms with Gasteiger partial charge in [0.15, 0.2) is 0 Å². The van der Waals surface area contributed by atoms with E-state index < -0.39 is 0 Å². The number of hydrogen-bond donors (Lipinski definition) is 1. The van der Waals surface area contributed by atoms with Gasteiger partial charge in [-0.3, -0.25) is 0 Å². The van der Waals surface area contributed by atoms with Gasteiger partial charge in [0.1, 0.15) is 5.01 Å². The molecule has 1 rings (SSSR count). The maximum absolute atomic E-state index is 5.61. The van der Waals surface area contributed by atoms with Gasteiger partial charge in [-0.2, -0.15) is 11.8 Å². The highest BCUT2D eigenvalue weighted by molar-refractivity contribution is 7.99. The molecular formula is C10H18N2S2. The van der Waals surface area contributed by atoms with Crippen molar-refractivity contribution >= 4 is 23.1 Å². The van der Waals surface area contributed by atoms with Gasteiger partial charge in [-0.15, -0.1) is 11.3 Å². The molecule has 1 aromatic heterocycles. The minimum atomic E-state index is 0.623. The third-order valence-electron chi connectivity index (χ3n) is 2.19. The molecular weight excluding hydrogens is 212 g/mol. The van der Waals surface area contributed by atoms with Gasteiger partial charge >= 0.3 is 0 Å². The van der Waals surface area contributed by atoms with Gasteiger partial charge in [-0.05, 0) is 13.3 Å². The van der Waals surface area contributed by atoms with Crippen LogP contribution in [0, 0.1) is 6.92 Å². The number of nitrogens with zero attached hydrogens (tertiary/aromatic N) is 1. The number of aryl methyl sites for hydroxylation is 1. The Morgan fingerprint density at radius 3 is 2.79 bits per heavy atom. The summed E-state index contributed by atoms with van der Waals surface area (Å²) in [6, 6.07) is 0. The van der Waals surface area contributed by atoms with E-state index in [1.807, 2.05) is 18.7 Å². The van der Waals surface area contributed by atoms with Gasteiger partial charge in [0.25, 0.3) is 0 Å². The van der Waals surface area contributed by atoms with Gasteiger partial charge in [0.05, 0.1) is 5.69 Å². The molecule has 0 amide bonds. The Morgan fingerprint density at radius 2 is 2.29 bits per heavy atom. The number of aromatic nitrogens is 1. The summed E-state index contributed by atoms with van der Waals surface area (Å²) in [4.78, 5) is 5.73. The van der Waals surface area contributed by atoms with Crippen molar-refractivity contribution in [1.29, 1.82) is 0 Å². The van der Waals surface area contributed by atoms with Crippen LogP contribution in [0.5, 0.6) is 0 Å². The molecule has 1 unspecified atom stereocenters. The highest BCUT2D eigenvalue weighted by Gasteiger charge is 2.07. The van der Waals surface area contributed by atoms with Gasteiger partial charge in [-0.1, -0.05) is 13.8 Å². The van der Waals surface area contributed by atoms with E-state index in [-0.39, 0.29) is 0 Å². The molecule has 0 aromatic carbocycles. The van der Waals surface area contributed by atoms with Crippen LogP contribution in [-0.2, 0) is 12.3 Å². The van der Waals surface area contributed by atoms with E-state index in [0.29, 0.717) is 6.54 Å². The van der Waals surface area contributed by atoms with Crippen molar-refractivity contribution in [3.63, 3.8) is 0 Å². The predicted octanol–water partition coefficient (Wildman–Crippen LogP) is 2.94. The fraction of sp³-hybridized carbons (Fsp3) is 0.700. The van der Waals surface area contributed by atoms with Crippen LogP contribution in [0.3, 0.4) is 0 Å². The molecule has 0 aliphatic carbocycles. The quantitative estimate of drug-likeness (QED) is 0.845. The Balaban J connectivity index is 2.51. The standard InChI is InChI=1S/C10H18N2S2/c1-4-7(2)13-6-10-12-8(3)9(5-11)14-10/h7H,4-6,11H2,1-3H3. The molecule has 1 atom stereocenters. The van der Waals surface area contributed by atoms with Crippen molar-refractivity contribution in [2.24, 2.45) is 5.73 Å². The maximum atomic E-state index is 5.61. The molecule has 80 valence electrons. The van der Waals surface area contributed by atoms with Crippen LogP contribution in [0.25, 0.3) is 0 Å². The van der Waals surface area contributed by atoms with E-state index in [2.05, 4.69) is 18.8 Å². The van der Waals surface area contributed by atoms with Crippen molar-refractivity contribution in [1.82, 2.24) is 4.98 Å². The molecule has 2 N–H and O–H groups in total. The molecule has 14 heavy (non-hydrogen) atoms. The monoisotopic (exact) mass is 230 g/mol. The van der Waals surface area contributed by atoms with Gasteiger partial charge < -0.3 is 5.73 Å². The van der Waals surface area contributed by atoms with E-state index >= 15 is 0 Å². The molecule has 1 heterocycles. The number of hydrogen-bond acceptors (Lipinski definition) is 4. The molecule has 0 saturated heterocycles. The van der Waals surface area contributed by atoms with Crippen molar-refractivity contribution in [2.45, 2.75) is 44.7 Å². The second-order valence-electron chi connectivity index (χ2n) is 3.35. The highest BCUT2D eigenvalue weighted by Crippen LogP contribution is 2.24. The largest absolute Gasteiger partial charge is 0.326 e. The minimum absolute atomic E-state index is 0.623. The fourth-order valence-corrected chi connectivity index (χ4v) is 2.98. The van der Waals surface area contributed by atoms with Crippen LogP contribution >= 0.6 is 23.1 Å². The minimum Gasteiger partial charge on any atom is -0.326 e. The molecule has 0 aliphatic rings. The van der Waals surface area contributed by atoms with Crippen molar-refractivity contribution in [3.8, 4) is 0 Å². The lowest BCUT2D eigenvalue weighted by Crippen LogP contribution is -1.94.